The van der Waals surface area contributed by atoms with Crippen LogP contribution in [0.2, 0.25) is 0 Å². The predicted octanol–water partition coefficient (Wildman–Crippen LogP) is 5.05. The Morgan fingerprint density at radius 1 is 0.962 bits per heavy atom. The Balaban J connectivity index is 1.20. The summed E-state index contributed by atoms with van der Waals surface area (Å²) in [6, 6.07) is 16.4. The number of hydrogen-bond donors (Lipinski definition) is 3. The number of amides is 2. The molecule has 3 N–H and O–H groups in total. The number of piperazine rings is 1. The Hall–Kier alpha value is -4.88. The van der Waals surface area contributed by atoms with E-state index in [0.717, 1.165) is 46.9 Å². The minimum Gasteiger partial charge on any atom is -0.492 e. The molecule has 53 heavy (non-hydrogen) atoms. The molecule has 3 aliphatic rings. The number of hydrogen-bond acceptors (Lipinski definition) is 7. The van der Waals surface area contributed by atoms with Crippen LogP contribution in [0.1, 0.15) is 55.2 Å². The van der Waals surface area contributed by atoms with Gasteiger partial charge in [0.25, 0.3) is 5.91 Å². The molecule has 10 nitrogen and oxygen atoms in total. The fourth-order valence-corrected chi connectivity index (χ4v) is 7.10. The number of aliphatic carboxylic acids is 1. The fraction of sp³-hybridized carbons (Fsp3) is 0.425. The van der Waals surface area contributed by atoms with E-state index in [1.54, 1.807) is 4.90 Å². The summed E-state index contributed by atoms with van der Waals surface area (Å²) in [5.74, 6) is -5.22. The second kappa shape index (κ2) is 16.9. The van der Waals surface area contributed by atoms with Gasteiger partial charge in [-0.25, -0.2) is 8.78 Å². The first-order valence-corrected chi connectivity index (χ1v) is 18.0. The monoisotopic (exact) mass is 735 g/mol. The number of nitrogens with one attached hydrogen (secondary N) is 1. The van der Waals surface area contributed by atoms with E-state index in [9.17, 15) is 32.7 Å². The van der Waals surface area contributed by atoms with E-state index < -0.39 is 47.7 Å². The molecule has 1 saturated carbocycles. The van der Waals surface area contributed by atoms with Crippen LogP contribution in [0, 0.1) is 24.4 Å². The minimum atomic E-state index is -1.36. The van der Waals surface area contributed by atoms with E-state index in [0.29, 0.717) is 50.6 Å². The summed E-state index contributed by atoms with van der Waals surface area (Å²) in [6.07, 6.45) is 0.981. The highest BCUT2D eigenvalue weighted by Gasteiger charge is 2.43. The molecule has 0 aromatic heterocycles. The molecule has 0 spiro atoms. The number of aliphatic hydroxyl groups excluding tert-OH is 1. The topological polar surface area (TPSA) is 129 Å². The molecule has 2 aliphatic heterocycles. The summed E-state index contributed by atoms with van der Waals surface area (Å²) < 4.78 is 52.7. The Morgan fingerprint density at radius 3 is 2.43 bits per heavy atom. The van der Waals surface area contributed by atoms with Crippen LogP contribution in [-0.2, 0) is 20.8 Å². The van der Waals surface area contributed by atoms with Gasteiger partial charge in [0, 0.05) is 30.7 Å². The zero-order valence-corrected chi connectivity index (χ0v) is 29.5. The smallest absolute Gasteiger partial charge is 0.305 e. The number of benzene rings is 3. The lowest BCUT2D eigenvalue weighted by molar-refractivity contribution is -0.141. The van der Waals surface area contributed by atoms with E-state index in [4.69, 9.17) is 14.6 Å². The van der Waals surface area contributed by atoms with Crippen LogP contribution in [0.3, 0.4) is 0 Å². The summed E-state index contributed by atoms with van der Waals surface area (Å²) in [4.78, 5) is 42.4. The van der Waals surface area contributed by atoms with Gasteiger partial charge in [-0.1, -0.05) is 36.4 Å². The van der Waals surface area contributed by atoms with Crippen molar-refractivity contribution in [1.29, 1.82) is 0 Å². The van der Waals surface area contributed by atoms with E-state index >= 15 is 0 Å². The Kier molecular flexibility index (Phi) is 12.0. The molecule has 2 heterocycles. The van der Waals surface area contributed by atoms with Crippen LogP contribution in [0.5, 0.6) is 11.5 Å². The molecule has 13 heteroatoms. The van der Waals surface area contributed by atoms with Gasteiger partial charge < -0.3 is 34.8 Å². The van der Waals surface area contributed by atoms with Crippen molar-refractivity contribution in [2.45, 2.75) is 76.1 Å². The second-order valence-corrected chi connectivity index (χ2v) is 14.0. The average molecular weight is 736 g/mol. The molecule has 3 aromatic rings. The highest BCUT2D eigenvalue weighted by molar-refractivity contribution is 6.03. The number of fused-ring (bicyclic) bond motifs is 2. The molecule has 1 aliphatic carbocycles. The largest absolute Gasteiger partial charge is 0.492 e. The minimum absolute atomic E-state index is 0.0228. The van der Waals surface area contributed by atoms with Gasteiger partial charge in [-0.15, -0.1) is 0 Å². The maximum absolute atomic E-state index is 14.6. The van der Waals surface area contributed by atoms with Gasteiger partial charge in [0.15, 0.2) is 17.4 Å². The molecule has 0 radical (unpaired) electrons. The van der Waals surface area contributed by atoms with Crippen molar-refractivity contribution in [1.82, 2.24) is 15.1 Å². The van der Waals surface area contributed by atoms with Crippen molar-refractivity contribution in [3.05, 3.63) is 100 Å². The van der Waals surface area contributed by atoms with Crippen molar-refractivity contribution in [2.24, 2.45) is 0 Å². The number of nitrogens with zero attached hydrogens (tertiary/aromatic N) is 2. The number of aryl methyl sites for hydroxylation is 2. The van der Waals surface area contributed by atoms with Crippen molar-refractivity contribution >= 4 is 23.4 Å². The lowest BCUT2D eigenvalue weighted by Gasteiger charge is -2.45. The highest BCUT2D eigenvalue weighted by atomic mass is 19.2. The van der Waals surface area contributed by atoms with Crippen LogP contribution < -0.4 is 14.8 Å². The number of carbonyl (C=O) groups excluding carboxylic acids is 2. The van der Waals surface area contributed by atoms with Crippen LogP contribution in [-0.4, -0.2) is 94.9 Å². The first kappa shape index (κ1) is 37.9. The zero-order chi connectivity index (χ0) is 37.6. The number of rotatable bonds is 16. The maximum Gasteiger partial charge on any atom is 0.305 e. The Morgan fingerprint density at radius 2 is 1.72 bits per heavy atom. The van der Waals surface area contributed by atoms with Crippen molar-refractivity contribution in [3.63, 3.8) is 0 Å². The first-order valence-electron chi connectivity index (χ1n) is 18.0. The van der Waals surface area contributed by atoms with Gasteiger partial charge in [0.05, 0.1) is 38.1 Å². The molecular formula is C40H44F3N3O7. The molecule has 0 unspecified atom stereocenters. The number of ether oxygens (including phenoxy) is 2. The van der Waals surface area contributed by atoms with Gasteiger partial charge in [-0.05, 0) is 85.6 Å². The number of aliphatic hydroxyl groups is 1. The van der Waals surface area contributed by atoms with Gasteiger partial charge in [-0.3, -0.25) is 14.4 Å². The molecule has 2 amide bonds. The molecular weight excluding hydrogens is 691 g/mol. The van der Waals surface area contributed by atoms with Crippen LogP contribution in [0.25, 0.3) is 5.57 Å². The van der Waals surface area contributed by atoms with Gasteiger partial charge in [0.1, 0.15) is 12.4 Å². The highest BCUT2D eigenvalue weighted by Crippen LogP contribution is 2.37. The normalized spacial score (nSPS) is 18.8. The summed E-state index contributed by atoms with van der Waals surface area (Å²) in [5, 5.41) is 22.8. The van der Waals surface area contributed by atoms with E-state index in [-0.39, 0.29) is 43.5 Å². The quantitative estimate of drug-likeness (QED) is 0.138. The predicted molar refractivity (Wildman–Crippen MR) is 190 cm³/mol. The summed E-state index contributed by atoms with van der Waals surface area (Å²) in [6.45, 7) is 3.15. The molecule has 3 atom stereocenters. The van der Waals surface area contributed by atoms with Gasteiger partial charge in [-0.2, -0.15) is 4.39 Å². The molecule has 6 rings (SSSR count). The standard InChI is InChI=1S/C40H44F3N3O7/c1-24-4-2-6-30(18-24)52-17-15-46(28-11-12-28)40(51)37-31(19-27-22-45(23-34(37)44-27)35(48)20-29(47)21-36(49)50)26-9-7-25(8-10-26)5-3-16-53-39-33(42)14-13-32(41)38(39)43/h2,4,6-10,13-14,18,27-29,34,44,47H,3,5,11-12,15-17,19-23H2,1H3,(H,49,50)/t27-,29+,34-/m1/s1. The number of halogens is 3. The van der Waals surface area contributed by atoms with Crippen LogP contribution >= 0.6 is 0 Å². The lowest BCUT2D eigenvalue weighted by Crippen LogP contribution is -2.62. The van der Waals surface area contributed by atoms with Crippen LogP contribution in [0.4, 0.5) is 13.2 Å². The summed E-state index contributed by atoms with van der Waals surface area (Å²) in [7, 11) is 0. The van der Waals surface area contributed by atoms with E-state index in [1.165, 1.54) is 0 Å². The third kappa shape index (κ3) is 9.57. The third-order valence-electron chi connectivity index (χ3n) is 9.81. The number of carboxylic acids is 1. The lowest BCUT2D eigenvalue weighted by atomic mass is 9.82. The van der Waals surface area contributed by atoms with Crippen molar-refractivity contribution < 1.29 is 47.2 Å². The first-order chi connectivity index (χ1) is 25.5. The van der Waals surface area contributed by atoms with Crippen molar-refractivity contribution in [2.75, 3.05) is 32.8 Å². The molecule has 1 saturated heterocycles. The molecule has 2 bridgehead atoms. The maximum atomic E-state index is 14.6. The average Bonchev–Trinajstić information content (AvgIpc) is 3.96. The second-order valence-electron chi connectivity index (χ2n) is 14.0. The fourth-order valence-electron chi connectivity index (χ4n) is 7.10. The zero-order valence-electron chi connectivity index (χ0n) is 29.5. The van der Waals surface area contributed by atoms with E-state index in [2.05, 4.69) is 5.32 Å². The van der Waals surface area contributed by atoms with E-state index in [1.807, 2.05) is 60.4 Å². The summed E-state index contributed by atoms with van der Waals surface area (Å²) in [5.41, 5.74) is 4.30. The van der Waals surface area contributed by atoms with Gasteiger partial charge >= 0.3 is 5.97 Å². The Bertz CT molecular complexity index is 1850. The number of carboxylic acid groups (broad SMARTS) is 1. The number of carbonyl (C=O) groups is 3. The summed E-state index contributed by atoms with van der Waals surface area (Å²) >= 11 is 0. The molecule has 282 valence electrons. The third-order valence-corrected chi connectivity index (χ3v) is 9.81. The Labute approximate surface area is 306 Å². The SMILES string of the molecule is Cc1cccc(OCCN(C(=O)C2=C(c3ccc(CCCOc4c(F)ccc(F)c4F)cc3)C[C@@H]3CN(C(=O)C[C@H](O)CC(=O)O)C[C@H]2N3)C2CC2)c1. The molecule has 3 aromatic carbocycles. The van der Waals surface area contributed by atoms with Crippen LogP contribution in [0.15, 0.2) is 66.2 Å². The van der Waals surface area contributed by atoms with Crippen molar-refractivity contribution in [3.8, 4) is 11.5 Å². The molecule has 2 fully saturated rings. The van der Waals surface area contributed by atoms with Gasteiger partial charge in [0.2, 0.25) is 11.7 Å².